The number of hydrogen-bond acceptors (Lipinski definition) is 7. The number of aliphatic hydroxyl groups is 2. The lowest BCUT2D eigenvalue weighted by atomic mass is 10.1. The first-order chi connectivity index (χ1) is 13.8. The summed E-state index contributed by atoms with van der Waals surface area (Å²) in [5, 5.41) is 20.1. The molecule has 4 atom stereocenters. The van der Waals surface area contributed by atoms with Gasteiger partial charge in [0, 0.05) is 0 Å². The second-order valence-corrected chi connectivity index (χ2v) is 6.70. The van der Waals surface area contributed by atoms with E-state index in [2.05, 4.69) is 15.0 Å². The molecule has 0 amide bonds. The lowest BCUT2D eigenvalue weighted by Crippen LogP contribution is -2.30. The van der Waals surface area contributed by atoms with Crippen LogP contribution in [0, 0.1) is 0 Å². The van der Waals surface area contributed by atoms with Crippen LogP contribution in [0.4, 0.5) is 13.2 Å². The fraction of sp³-hybridized carbons (Fsp3) is 0.389. The molecule has 154 valence electrons. The molecule has 2 N–H and O–H groups in total. The van der Waals surface area contributed by atoms with E-state index in [0.29, 0.717) is 16.7 Å². The Balaban J connectivity index is 1.54. The minimum absolute atomic E-state index is 0.0184. The molecule has 0 radical (unpaired) electrons. The highest BCUT2D eigenvalue weighted by Gasteiger charge is 2.42. The number of alkyl halides is 3. The first kappa shape index (κ1) is 19.6. The van der Waals surface area contributed by atoms with Crippen LogP contribution in [-0.2, 0) is 17.5 Å². The molecular formula is C18H17F3N4O4. The monoisotopic (exact) mass is 410 g/mol. The maximum atomic E-state index is 12.6. The lowest BCUT2D eigenvalue weighted by Gasteiger charge is -2.16. The van der Waals surface area contributed by atoms with E-state index in [1.54, 1.807) is 6.92 Å². The fourth-order valence-corrected chi connectivity index (χ4v) is 3.12. The highest BCUT2D eigenvalue weighted by Crippen LogP contribution is 2.33. The number of imidazole rings is 1. The number of benzene rings is 1. The minimum atomic E-state index is -4.40. The molecule has 2 aromatic heterocycles. The van der Waals surface area contributed by atoms with Crippen molar-refractivity contribution in [2.45, 2.75) is 44.2 Å². The van der Waals surface area contributed by atoms with Crippen molar-refractivity contribution in [1.82, 2.24) is 19.5 Å². The molecule has 1 fully saturated rings. The Bertz CT molecular complexity index is 1010. The molecule has 1 aliphatic rings. The molecule has 11 heteroatoms. The summed E-state index contributed by atoms with van der Waals surface area (Å²) in [5.74, 6) is 0.134. The predicted octanol–water partition coefficient (Wildman–Crippen LogP) is 2.06. The van der Waals surface area contributed by atoms with Crippen molar-refractivity contribution < 1.29 is 32.9 Å². The molecule has 3 aromatic rings. The van der Waals surface area contributed by atoms with Gasteiger partial charge in [0.2, 0.25) is 5.88 Å². The first-order valence-corrected chi connectivity index (χ1v) is 8.74. The summed E-state index contributed by atoms with van der Waals surface area (Å²) in [6.45, 7) is 1.62. The van der Waals surface area contributed by atoms with Crippen molar-refractivity contribution in [3.63, 3.8) is 0 Å². The number of nitrogens with zero attached hydrogens (tertiary/aromatic N) is 4. The molecule has 1 aromatic carbocycles. The smallest absolute Gasteiger partial charge is 0.416 e. The van der Waals surface area contributed by atoms with Crippen LogP contribution in [0.5, 0.6) is 5.88 Å². The summed E-state index contributed by atoms with van der Waals surface area (Å²) in [5.41, 5.74) is 0.406. The van der Waals surface area contributed by atoms with Gasteiger partial charge in [-0.3, -0.25) is 4.57 Å². The third-order valence-electron chi connectivity index (χ3n) is 4.73. The maximum Gasteiger partial charge on any atom is 0.416 e. The second kappa shape index (κ2) is 7.25. The van der Waals surface area contributed by atoms with Crippen molar-refractivity contribution in [3.8, 4) is 5.88 Å². The summed E-state index contributed by atoms with van der Waals surface area (Å²) in [4.78, 5) is 12.4. The molecule has 8 nitrogen and oxygen atoms in total. The molecule has 0 bridgehead atoms. The van der Waals surface area contributed by atoms with E-state index in [9.17, 15) is 23.4 Å². The summed E-state index contributed by atoms with van der Waals surface area (Å²) in [6.07, 6.45) is -5.41. The lowest BCUT2D eigenvalue weighted by molar-refractivity contribution is -0.137. The molecule has 0 unspecified atom stereocenters. The van der Waals surface area contributed by atoms with Crippen molar-refractivity contribution in [2.75, 3.05) is 0 Å². The van der Waals surface area contributed by atoms with Gasteiger partial charge in [0.25, 0.3) is 0 Å². The molecule has 1 aliphatic heterocycles. The zero-order valence-electron chi connectivity index (χ0n) is 15.1. The predicted molar refractivity (Wildman–Crippen MR) is 92.7 cm³/mol. The number of halogens is 3. The van der Waals surface area contributed by atoms with Gasteiger partial charge in [0.15, 0.2) is 17.4 Å². The molecule has 4 rings (SSSR count). The number of ether oxygens (including phenoxy) is 2. The van der Waals surface area contributed by atoms with Crippen LogP contribution in [0.25, 0.3) is 11.2 Å². The van der Waals surface area contributed by atoms with E-state index in [1.807, 2.05) is 0 Å². The van der Waals surface area contributed by atoms with Crippen LogP contribution >= 0.6 is 0 Å². The Morgan fingerprint density at radius 1 is 1.10 bits per heavy atom. The number of hydrogen-bond donors (Lipinski definition) is 2. The molecular weight excluding hydrogens is 393 g/mol. The second-order valence-electron chi connectivity index (χ2n) is 6.70. The number of aromatic nitrogens is 4. The van der Waals surface area contributed by atoms with Crippen LogP contribution in [0.3, 0.4) is 0 Å². The molecule has 1 saturated heterocycles. The van der Waals surface area contributed by atoms with E-state index < -0.39 is 36.3 Å². The standard InChI is InChI=1S/C18H17F3N4O4/c1-9-13(26)14(27)17(29-9)25-8-24-12-15(25)22-7-23-16(12)28-6-10-2-4-11(5-3-10)18(19,20)21/h2-5,7-9,13-14,17,26-27H,6H2,1H3/t9-,13-,14-,17-/m1/s1. The topological polar surface area (TPSA) is 103 Å². The first-order valence-electron chi connectivity index (χ1n) is 8.74. The van der Waals surface area contributed by atoms with Crippen molar-refractivity contribution in [3.05, 3.63) is 48.0 Å². The average Bonchev–Trinajstić information content (AvgIpc) is 3.23. The van der Waals surface area contributed by atoms with Crippen LogP contribution < -0.4 is 4.74 Å². The Morgan fingerprint density at radius 2 is 1.83 bits per heavy atom. The summed E-state index contributed by atoms with van der Waals surface area (Å²) in [7, 11) is 0. The fourth-order valence-electron chi connectivity index (χ4n) is 3.12. The molecule has 3 heterocycles. The van der Waals surface area contributed by atoms with E-state index in [0.717, 1.165) is 12.1 Å². The number of aliphatic hydroxyl groups excluding tert-OH is 2. The molecule has 0 spiro atoms. The van der Waals surface area contributed by atoms with Gasteiger partial charge in [0.05, 0.1) is 18.0 Å². The SMILES string of the molecule is C[C@H]1O[C@@H](n2cnc3c(OCc4ccc(C(F)(F)F)cc4)ncnc32)[C@H](O)[C@@H]1O. The Hall–Kier alpha value is -2.76. The van der Waals surface area contributed by atoms with Gasteiger partial charge in [-0.2, -0.15) is 18.2 Å². The van der Waals surface area contributed by atoms with Gasteiger partial charge in [0.1, 0.15) is 25.1 Å². The van der Waals surface area contributed by atoms with Gasteiger partial charge >= 0.3 is 6.18 Å². The van der Waals surface area contributed by atoms with E-state index >= 15 is 0 Å². The Labute approximate surface area is 162 Å². The average molecular weight is 410 g/mol. The molecule has 29 heavy (non-hydrogen) atoms. The Morgan fingerprint density at radius 3 is 2.45 bits per heavy atom. The molecule has 0 aliphatic carbocycles. The van der Waals surface area contributed by atoms with Gasteiger partial charge in [-0.05, 0) is 24.6 Å². The largest absolute Gasteiger partial charge is 0.471 e. The van der Waals surface area contributed by atoms with Crippen LogP contribution in [0.1, 0.15) is 24.3 Å². The van der Waals surface area contributed by atoms with E-state index in [4.69, 9.17) is 9.47 Å². The summed E-state index contributed by atoms with van der Waals surface area (Å²) < 4.78 is 50.6. The highest BCUT2D eigenvalue weighted by atomic mass is 19.4. The quantitative estimate of drug-likeness (QED) is 0.679. The van der Waals surface area contributed by atoms with Gasteiger partial charge in [-0.15, -0.1) is 0 Å². The maximum absolute atomic E-state index is 12.6. The zero-order chi connectivity index (χ0) is 20.8. The van der Waals surface area contributed by atoms with E-state index in [-0.39, 0.29) is 12.5 Å². The third-order valence-corrected chi connectivity index (χ3v) is 4.73. The van der Waals surface area contributed by atoms with E-state index in [1.165, 1.54) is 29.4 Å². The Kier molecular flexibility index (Phi) is 4.89. The molecule has 0 saturated carbocycles. The summed E-state index contributed by atoms with van der Waals surface area (Å²) in [6, 6.07) is 4.61. The van der Waals surface area contributed by atoms with Crippen molar-refractivity contribution in [1.29, 1.82) is 0 Å². The van der Waals surface area contributed by atoms with Gasteiger partial charge in [-0.1, -0.05) is 12.1 Å². The van der Waals surface area contributed by atoms with Crippen molar-refractivity contribution in [2.24, 2.45) is 0 Å². The zero-order valence-corrected chi connectivity index (χ0v) is 15.1. The van der Waals surface area contributed by atoms with Crippen LogP contribution in [0.15, 0.2) is 36.9 Å². The van der Waals surface area contributed by atoms with Crippen LogP contribution in [-0.4, -0.2) is 48.0 Å². The number of rotatable bonds is 4. The third kappa shape index (κ3) is 3.63. The summed E-state index contributed by atoms with van der Waals surface area (Å²) >= 11 is 0. The van der Waals surface area contributed by atoms with Gasteiger partial charge in [-0.25, -0.2) is 9.97 Å². The highest BCUT2D eigenvalue weighted by molar-refractivity contribution is 5.76. The minimum Gasteiger partial charge on any atom is -0.471 e. The van der Waals surface area contributed by atoms with Crippen LogP contribution in [0.2, 0.25) is 0 Å². The van der Waals surface area contributed by atoms with Crippen molar-refractivity contribution >= 4 is 11.2 Å². The number of fused-ring (bicyclic) bond motifs is 1. The normalized spacial score (nSPS) is 24.9. The van der Waals surface area contributed by atoms with Gasteiger partial charge < -0.3 is 19.7 Å².